The number of hydrogen-bond donors (Lipinski definition) is 2. The number of urea groups is 1. The number of carbonyl (C=O) groups is 2. The summed E-state index contributed by atoms with van der Waals surface area (Å²) in [6.07, 6.45) is 0. The SMILES string of the molecule is COc1ccc(N(C(=O)Nc2ccc(F)cc2)C(C)c2nc3ccccc3c(=O)n2N2CCN(C(=O)[C@H](C)N)CC2)c(OC)c1. The number of aromatic nitrogens is 2. The lowest BCUT2D eigenvalue weighted by molar-refractivity contribution is -0.132. The molecule has 0 spiro atoms. The van der Waals surface area contributed by atoms with E-state index in [-0.39, 0.29) is 17.3 Å². The van der Waals surface area contributed by atoms with Crippen LogP contribution in [-0.4, -0.2) is 72.9 Å². The summed E-state index contributed by atoms with van der Waals surface area (Å²) in [6.45, 7) is 4.79. The number of piperazine rings is 1. The van der Waals surface area contributed by atoms with Crippen molar-refractivity contribution in [3.63, 3.8) is 0 Å². The Labute approximate surface area is 259 Å². The lowest BCUT2D eigenvalue weighted by Gasteiger charge is -2.39. The molecule has 5 rings (SSSR count). The zero-order valence-electron chi connectivity index (χ0n) is 25.6. The summed E-state index contributed by atoms with van der Waals surface area (Å²) < 4.78 is 26.2. The van der Waals surface area contributed by atoms with Crippen LogP contribution >= 0.6 is 0 Å². The Hall–Kier alpha value is -5.17. The van der Waals surface area contributed by atoms with E-state index in [9.17, 15) is 18.8 Å². The van der Waals surface area contributed by atoms with Gasteiger partial charge in [0.2, 0.25) is 5.91 Å². The molecule has 3 aromatic carbocycles. The minimum atomic E-state index is -0.839. The van der Waals surface area contributed by atoms with Gasteiger partial charge in [0.15, 0.2) is 5.82 Å². The van der Waals surface area contributed by atoms with E-state index in [1.54, 1.807) is 61.2 Å². The van der Waals surface area contributed by atoms with Gasteiger partial charge < -0.3 is 30.4 Å². The normalized spacial score (nSPS) is 14.5. The number of carbonyl (C=O) groups excluding carboxylic acids is 2. The van der Waals surface area contributed by atoms with Crippen molar-refractivity contribution in [2.75, 3.05) is 55.6 Å². The van der Waals surface area contributed by atoms with Crippen LogP contribution in [0.2, 0.25) is 0 Å². The first-order chi connectivity index (χ1) is 21.6. The van der Waals surface area contributed by atoms with Crippen LogP contribution in [0.3, 0.4) is 0 Å². The predicted molar refractivity (Wildman–Crippen MR) is 170 cm³/mol. The molecule has 2 heterocycles. The molecule has 0 aliphatic carbocycles. The smallest absolute Gasteiger partial charge is 0.327 e. The average Bonchev–Trinajstić information content (AvgIpc) is 3.05. The molecule has 3 amide bonds. The van der Waals surface area contributed by atoms with E-state index in [0.29, 0.717) is 60.0 Å². The summed E-state index contributed by atoms with van der Waals surface area (Å²) in [7, 11) is 3.00. The fraction of sp³-hybridized carbons (Fsp3) is 0.312. The van der Waals surface area contributed by atoms with E-state index in [0.717, 1.165) is 0 Å². The molecule has 1 saturated heterocycles. The average molecular weight is 618 g/mol. The highest BCUT2D eigenvalue weighted by Crippen LogP contribution is 2.37. The van der Waals surface area contributed by atoms with Gasteiger partial charge in [-0.3, -0.25) is 14.5 Å². The third kappa shape index (κ3) is 6.38. The van der Waals surface area contributed by atoms with Gasteiger partial charge in [-0.1, -0.05) is 12.1 Å². The molecule has 3 N–H and O–H groups in total. The number of anilines is 2. The van der Waals surface area contributed by atoms with E-state index < -0.39 is 23.9 Å². The van der Waals surface area contributed by atoms with Crippen molar-refractivity contribution in [2.24, 2.45) is 5.73 Å². The van der Waals surface area contributed by atoms with Crippen molar-refractivity contribution < 1.29 is 23.5 Å². The maximum absolute atomic E-state index is 14.1. The molecule has 0 bridgehead atoms. The number of halogens is 1. The molecule has 4 aromatic rings. The van der Waals surface area contributed by atoms with E-state index >= 15 is 0 Å². The molecule has 0 radical (unpaired) electrons. The van der Waals surface area contributed by atoms with Gasteiger partial charge in [-0.2, -0.15) is 0 Å². The largest absolute Gasteiger partial charge is 0.497 e. The van der Waals surface area contributed by atoms with Gasteiger partial charge in [0.25, 0.3) is 5.56 Å². The van der Waals surface area contributed by atoms with Crippen LogP contribution in [-0.2, 0) is 4.79 Å². The van der Waals surface area contributed by atoms with Crippen molar-refractivity contribution in [3.05, 3.63) is 88.7 Å². The van der Waals surface area contributed by atoms with Crippen molar-refractivity contribution >= 4 is 34.2 Å². The molecule has 236 valence electrons. The maximum Gasteiger partial charge on any atom is 0.327 e. The van der Waals surface area contributed by atoms with Crippen LogP contribution in [0.25, 0.3) is 10.9 Å². The van der Waals surface area contributed by atoms with Gasteiger partial charge in [-0.15, -0.1) is 0 Å². The standard InChI is InChI=1S/C32H36FN7O5/c1-20(34)30(41)37-15-17-38(18-16-37)40-29(36-26-8-6-5-7-25(26)31(40)42)21(2)39(27-14-13-24(44-3)19-28(27)45-4)32(43)35-23-11-9-22(33)10-12-23/h5-14,19-21H,15-18,34H2,1-4H3,(H,35,43)/t20-,21?/m0/s1. The number of benzene rings is 3. The number of nitrogens with zero attached hydrogens (tertiary/aromatic N) is 5. The van der Waals surface area contributed by atoms with Gasteiger partial charge in [0.05, 0.1) is 56.0 Å². The highest BCUT2D eigenvalue weighted by Gasteiger charge is 2.33. The van der Waals surface area contributed by atoms with Gasteiger partial charge in [0.1, 0.15) is 17.3 Å². The van der Waals surface area contributed by atoms with Gasteiger partial charge in [-0.05, 0) is 62.4 Å². The number of para-hydroxylation sites is 1. The molecule has 2 atom stereocenters. The van der Waals surface area contributed by atoms with Crippen LogP contribution < -0.4 is 36.0 Å². The summed E-state index contributed by atoms with van der Waals surface area (Å²) in [5, 5.41) is 5.07. The number of ether oxygens (including phenoxy) is 2. The lowest BCUT2D eigenvalue weighted by atomic mass is 10.1. The first-order valence-corrected chi connectivity index (χ1v) is 14.5. The first kappa shape index (κ1) is 31.3. The third-order valence-electron chi connectivity index (χ3n) is 7.74. The highest BCUT2D eigenvalue weighted by atomic mass is 19.1. The topological polar surface area (TPSA) is 135 Å². The maximum atomic E-state index is 14.1. The molecule has 1 aliphatic heterocycles. The number of methoxy groups -OCH3 is 2. The third-order valence-corrected chi connectivity index (χ3v) is 7.74. The highest BCUT2D eigenvalue weighted by molar-refractivity contribution is 6.03. The molecule has 12 nitrogen and oxygen atoms in total. The fourth-order valence-corrected chi connectivity index (χ4v) is 5.40. The van der Waals surface area contributed by atoms with Gasteiger partial charge in [-0.25, -0.2) is 18.8 Å². The van der Waals surface area contributed by atoms with E-state index in [1.807, 2.05) is 5.01 Å². The van der Waals surface area contributed by atoms with Crippen LogP contribution in [0.5, 0.6) is 11.5 Å². The second-order valence-corrected chi connectivity index (χ2v) is 10.7. The Morgan fingerprint density at radius 2 is 1.67 bits per heavy atom. The Kier molecular flexibility index (Phi) is 9.18. The van der Waals surface area contributed by atoms with Crippen molar-refractivity contribution in [3.8, 4) is 11.5 Å². The number of amides is 3. The summed E-state index contributed by atoms with van der Waals surface area (Å²) in [5.41, 5.74) is 6.74. The van der Waals surface area contributed by atoms with Crippen molar-refractivity contribution in [2.45, 2.75) is 25.9 Å². The first-order valence-electron chi connectivity index (χ1n) is 14.5. The summed E-state index contributed by atoms with van der Waals surface area (Å²) in [5.74, 6) is 0.540. The Morgan fingerprint density at radius 1 is 0.978 bits per heavy atom. The van der Waals surface area contributed by atoms with Gasteiger partial charge >= 0.3 is 6.03 Å². The molecule has 45 heavy (non-hydrogen) atoms. The molecule has 1 unspecified atom stereocenters. The van der Waals surface area contributed by atoms with E-state index in [2.05, 4.69) is 5.32 Å². The fourth-order valence-electron chi connectivity index (χ4n) is 5.40. The van der Waals surface area contributed by atoms with E-state index in [4.69, 9.17) is 20.2 Å². The van der Waals surface area contributed by atoms with Crippen LogP contribution in [0.4, 0.5) is 20.6 Å². The Bertz CT molecular complexity index is 1750. The molecule has 0 saturated carbocycles. The molecular formula is C32H36FN7O5. The lowest BCUT2D eigenvalue weighted by Crippen LogP contribution is -2.58. The van der Waals surface area contributed by atoms with Crippen LogP contribution in [0, 0.1) is 5.82 Å². The zero-order valence-corrected chi connectivity index (χ0v) is 25.6. The van der Waals surface area contributed by atoms with Crippen LogP contribution in [0.1, 0.15) is 25.7 Å². The summed E-state index contributed by atoms with van der Waals surface area (Å²) in [6, 6.07) is 15.4. The van der Waals surface area contributed by atoms with Crippen LogP contribution in [0.15, 0.2) is 71.5 Å². The molecule has 1 aromatic heterocycles. The number of nitrogens with two attached hydrogens (primary N) is 1. The van der Waals surface area contributed by atoms with Crippen molar-refractivity contribution in [1.82, 2.24) is 14.6 Å². The minimum absolute atomic E-state index is 0.164. The number of nitrogens with one attached hydrogen (secondary N) is 1. The zero-order chi connectivity index (χ0) is 32.2. The Balaban J connectivity index is 1.63. The quantitative estimate of drug-likeness (QED) is 0.307. The van der Waals surface area contributed by atoms with Crippen molar-refractivity contribution in [1.29, 1.82) is 0 Å². The van der Waals surface area contributed by atoms with Gasteiger partial charge in [0, 0.05) is 24.8 Å². The Morgan fingerprint density at radius 3 is 2.31 bits per heavy atom. The molecule has 1 aliphatic rings. The molecule has 1 fully saturated rings. The molecular weight excluding hydrogens is 581 g/mol. The van der Waals surface area contributed by atoms with E-state index in [1.165, 1.54) is 48.1 Å². The monoisotopic (exact) mass is 617 g/mol. The molecule has 13 heteroatoms. The number of rotatable bonds is 8. The second kappa shape index (κ2) is 13.2. The predicted octanol–water partition coefficient (Wildman–Crippen LogP) is 3.48. The summed E-state index contributed by atoms with van der Waals surface area (Å²) >= 11 is 0. The number of fused-ring (bicyclic) bond motifs is 1. The summed E-state index contributed by atoms with van der Waals surface area (Å²) in [4.78, 5) is 48.8. The number of hydrogen-bond acceptors (Lipinski definition) is 8. The minimum Gasteiger partial charge on any atom is -0.497 e. The second-order valence-electron chi connectivity index (χ2n) is 10.7.